The van der Waals surface area contributed by atoms with Crippen LogP contribution in [0.25, 0.3) is 16.4 Å². The highest BCUT2D eigenvalue weighted by Crippen LogP contribution is 2.32. The predicted octanol–water partition coefficient (Wildman–Crippen LogP) is 4.61. The molecule has 2 heterocycles. The van der Waals surface area contributed by atoms with Gasteiger partial charge in [-0.2, -0.15) is 0 Å². The first kappa shape index (κ1) is 19.1. The monoisotopic (exact) mass is 404 g/mol. The minimum Gasteiger partial charge on any atom is -0.462 e. The molecule has 27 heavy (non-hydrogen) atoms. The maximum absolute atomic E-state index is 12.7. The highest BCUT2D eigenvalue weighted by atomic mass is 35.5. The Bertz CT molecular complexity index is 949. The van der Waals surface area contributed by atoms with Crippen LogP contribution in [0.2, 0.25) is 5.02 Å². The van der Waals surface area contributed by atoms with Crippen LogP contribution in [0, 0.1) is 0 Å². The third-order valence-corrected chi connectivity index (χ3v) is 4.72. The summed E-state index contributed by atoms with van der Waals surface area (Å²) in [5, 5.41) is 2.92. The average Bonchev–Trinajstić information content (AvgIpc) is 3.30. The lowest BCUT2D eigenvalue weighted by molar-refractivity contribution is 0.0473. The molecule has 0 aliphatic heterocycles. The highest BCUT2D eigenvalue weighted by molar-refractivity contribution is 7.12. The van der Waals surface area contributed by atoms with Gasteiger partial charge in [0.1, 0.15) is 5.69 Å². The van der Waals surface area contributed by atoms with E-state index < -0.39 is 11.9 Å². The summed E-state index contributed by atoms with van der Waals surface area (Å²) < 4.78 is 12.0. The van der Waals surface area contributed by atoms with Crippen molar-refractivity contribution in [2.45, 2.75) is 13.8 Å². The van der Waals surface area contributed by atoms with Gasteiger partial charge in [0.15, 0.2) is 5.13 Å². The fourth-order valence-electron chi connectivity index (χ4n) is 2.63. The molecule has 0 spiro atoms. The first-order valence-electron chi connectivity index (χ1n) is 8.32. The molecule has 0 N–H and O–H groups in total. The maximum Gasteiger partial charge on any atom is 0.356 e. The number of thiazole rings is 1. The van der Waals surface area contributed by atoms with Crippen molar-refractivity contribution in [3.63, 3.8) is 0 Å². The second kappa shape index (κ2) is 8.37. The van der Waals surface area contributed by atoms with E-state index in [2.05, 4.69) is 4.98 Å². The molecular formula is C19H17ClN2O4S. The van der Waals surface area contributed by atoms with Crippen LogP contribution in [0.5, 0.6) is 0 Å². The molecule has 3 rings (SSSR count). The van der Waals surface area contributed by atoms with Gasteiger partial charge in [0, 0.05) is 16.6 Å². The SMILES string of the molecule is CCOC(=O)c1cc(-c2ccc(Cl)cc2)n(-c2nccs2)c1C(=O)OCC. The number of halogens is 1. The summed E-state index contributed by atoms with van der Waals surface area (Å²) in [4.78, 5) is 29.5. The van der Waals surface area contributed by atoms with Gasteiger partial charge in [-0.1, -0.05) is 23.7 Å². The molecular weight excluding hydrogens is 388 g/mol. The Labute approximate surface area is 165 Å². The summed E-state index contributed by atoms with van der Waals surface area (Å²) >= 11 is 7.33. The molecule has 0 aliphatic carbocycles. The molecule has 3 aromatic rings. The van der Waals surface area contributed by atoms with E-state index in [0.717, 1.165) is 5.56 Å². The summed E-state index contributed by atoms with van der Waals surface area (Å²) in [6.07, 6.45) is 1.63. The Morgan fingerprint density at radius 2 is 1.78 bits per heavy atom. The van der Waals surface area contributed by atoms with E-state index >= 15 is 0 Å². The summed E-state index contributed by atoms with van der Waals surface area (Å²) in [5.74, 6) is -1.21. The maximum atomic E-state index is 12.7. The standard InChI is InChI=1S/C19H17ClN2O4S/c1-3-25-17(23)14-11-15(12-5-7-13(20)8-6-12)22(19-21-9-10-27-19)16(14)18(24)26-4-2/h5-11H,3-4H2,1-2H3. The number of rotatable bonds is 6. The van der Waals surface area contributed by atoms with Gasteiger partial charge in [-0.15, -0.1) is 11.3 Å². The van der Waals surface area contributed by atoms with Crippen LogP contribution in [0.3, 0.4) is 0 Å². The highest BCUT2D eigenvalue weighted by Gasteiger charge is 2.29. The van der Waals surface area contributed by atoms with Crippen LogP contribution in [-0.2, 0) is 9.47 Å². The average molecular weight is 405 g/mol. The van der Waals surface area contributed by atoms with Crippen LogP contribution in [-0.4, -0.2) is 34.7 Å². The Morgan fingerprint density at radius 3 is 2.37 bits per heavy atom. The molecule has 0 saturated heterocycles. The van der Waals surface area contributed by atoms with E-state index in [0.29, 0.717) is 15.8 Å². The second-order valence-electron chi connectivity index (χ2n) is 5.39. The van der Waals surface area contributed by atoms with Crippen LogP contribution in [0.1, 0.15) is 34.7 Å². The van der Waals surface area contributed by atoms with Gasteiger partial charge in [-0.3, -0.25) is 4.57 Å². The minimum absolute atomic E-state index is 0.0928. The minimum atomic E-state index is -0.615. The molecule has 140 valence electrons. The Kier molecular flexibility index (Phi) is 5.93. The lowest BCUT2D eigenvalue weighted by Gasteiger charge is -2.11. The third-order valence-electron chi connectivity index (χ3n) is 3.72. The van der Waals surface area contributed by atoms with E-state index in [4.69, 9.17) is 21.1 Å². The van der Waals surface area contributed by atoms with Gasteiger partial charge in [-0.25, -0.2) is 14.6 Å². The Balaban J connectivity index is 2.29. The van der Waals surface area contributed by atoms with Crippen molar-refractivity contribution in [2.24, 2.45) is 0 Å². The zero-order valence-corrected chi connectivity index (χ0v) is 16.3. The van der Waals surface area contributed by atoms with Crippen molar-refractivity contribution < 1.29 is 19.1 Å². The fraction of sp³-hybridized carbons (Fsp3) is 0.211. The first-order valence-corrected chi connectivity index (χ1v) is 9.58. The zero-order chi connectivity index (χ0) is 19.4. The van der Waals surface area contributed by atoms with E-state index in [1.165, 1.54) is 11.3 Å². The lowest BCUT2D eigenvalue weighted by Crippen LogP contribution is -2.17. The van der Waals surface area contributed by atoms with Crippen molar-refractivity contribution in [1.29, 1.82) is 0 Å². The van der Waals surface area contributed by atoms with Gasteiger partial charge >= 0.3 is 11.9 Å². The molecule has 0 radical (unpaired) electrons. The van der Waals surface area contributed by atoms with Crippen molar-refractivity contribution in [3.8, 4) is 16.4 Å². The normalized spacial score (nSPS) is 10.6. The smallest absolute Gasteiger partial charge is 0.356 e. The van der Waals surface area contributed by atoms with Gasteiger partial charge in [0.2, 0.25) is 0 Å². The predicted molar refractivity (Wildman–Crippen MR) is 104 cm³/mol. The molecule has 0 fully saturated rings. The zero-order valence-electron chi connectivity index (χ0n) is 14.8. The number of carbonyl (C=O) groups is 2. The molecule has 0 amide bonds. The van der Waals surface area contributed by atoms with Gasteiger partial charge < -0.3 is 9.47 Å². The molecule has 0 bridgehead atoms. The number of benzene rings is 1. The Hall–Kier alpha value is -2.64. The van der Waals surface area contributed by atoms with Crippen molar-refractivity contribution in [2.75, 3.05) is 13.2 Å². The number of ether oxygens (including phenoxy) is 2. The molecule has 6 nitrogen and oxygen atoms in total. The first-order chi connectivity index (χ1) is 13.1. The quantitative estimate of drug-likeness (QED) is 0.561. The Morgan fingerprint density at radius 1 is 1.11 bits per heavy atom. The van der Waals surface area contributed by atoms with Crippen LogP contribution >= 0.6 is 22.9 Å². The number of nitrogens with zero attached hydrogens (tertiary/aromatic N) is 2. The van der Waals surface area contributed by atoms with E-state index in [9.17, 15) is 9.59 Å². The lowest BCUT2D eigenvalue weighted by atomic mass is 10.1. The van der Waals surface area contributed by atoms with Crippen molar-refractivity contribution in [3.05, 3.63) is 58.2 Å². The summed E-state index contributed by atoms with van der Waals surface area (Å²) in [6, 6.07) is 8.72. The van der Waals surface area contributed by atoms with Gasteiger partial charge in [0.05, 0.1) is 24.5 Å². The molecule has 0 saturated carbocycles. The molecule has 0 aliphatic rings. The van der Waals surface area contributed by atoms with Crippen molar-refractivity contribution >= 4 is 34.9 Å². The number of hydrogen-bond acceptors (Lipinski definition) is 6. The topological polar surface area (TPSA) is 70.4 Å². The summed E-state index contributed by atoms with van der Waals surface area (Å²) in [5.41, 5.74) is 1.62. The second-order valence-corrected chi connectivity index (χ2v) is 6.70. The van der Waals surface area contributed by atoms with E-state index in [1.807, 2.05) is 12.1 Å². The van der Waals surface area contributed by atoms with E-state index in [-0.39, 0.29) is 24.5 Å². The van der Waals surface area contributed by atoms with E-state index in [1.54, 1.807) is 48.2 Å². The summed E-state index contributed by atoms with van der Waals surface area (Å²) in [7, 11) is 0. The fourth-order valence-corrected chi connectivity index (χ4v) is 3.42. The molecule has 0 unspecified atom stereocenters. The largest absolute Gasteiger partial charge is 0.462 e. The van der Waals surface area contributed by atoms with Crippen molar-refractivity contribution in [1.82, 2.24) is 9.55 Å². The van der Waals surface area contributed by atoms with Gasteiger partial charge in [0.25, 0.3) is 0 Å². The number of esters is 2. The van der Waals surface area contributed by atoms with Crippen LogP contribution < -0.4 is 0 Å². The number of carbonyl (C=O) groups excluding carboxylic acids is 2. The molecule has 8 heteroatoms. The number of hydrogen-bond donors (Lipinski definition) is 0. The van der Waals surface area contributed by atoms with Crippen LogP contribution in [0.15, 0.2) is 41.9 Å². The van der Waals surface area contributed by atoms with Crippen LogP contribution in [0.4, 0.5) is 0 Å². The van der Waals surface area contributed by atoms with Gasteiger partial charge in [-0.05, 0) is 37.6 Å². The number of aromatic nitrogens is 2. The molecule has 2 aromatic heterocycles. The third kappa shape index (κ3) is 3.89. The summed E-state index contributed by atoms with van der Waals surface area (Å²) in [6.45, 7) is 3.79. The molecule has 0 atom stereocenters. The molecule has 1 aromatic carbocycles.